The molecule has 0 aliphatic rings. The number of benzene rings is 1. The lowest BCUT2D eigenvalue weighted by atomic mass is 10.2. The zero-order valence-electron chi connectivity index (χ0n) is 13.3. The number of nitrogens with one attached hydrogen (secondary N) is 1. The van der Waals surface area contributed by atoms with Gasteiger partial charge >= 0.3 is 0 Å². The van der Waals surface area contributed by atoms with Gasteiger partial charge < -0.3 is 9.64 Å². The molecule has 4 nitrogen and oxygen atoms in total. The van der Waals surface area contributed by atoms with Gasteiger partial charge in [-0.2, -0.15) is 0 Å². The largest absolute Gasteiger partial charge is 0.490 e. The third-order valence-corrected chi connectivity index (χ3v) is 3.61. The van der Waals surface area contributed by atoms with E-state index in [0.717, 1.165) is 4.47 Å². The number of thiocarbonyl (C=S) groups is 1. The number of ether oxygens (including phenoxy) is 1. The number of carbonyl (C=O) groups excluding carboxylic acids is 1. The molecule has 23 heavy (non-hydrogen) atoms. The first-order chi connectivity index (χ1) is 10.9. The third kappa shape index (κ3) is 6.15. The fraction of sp³-hybridized carbons (Fsp3) is 0.294. The van der Waals surface area contributed by atoms with Crippen molar-refractivity contribution in [2.75, 3.05) is 13.1 Å². The van der Waals surface area contributed by atoms with Crippen LogP contribution in [0.3, 0.4) is 0 Å². The summed E-state index contributed by atoms with van der Waals surface area (Å²) in [6.45, 7) is 12.2. The Morgan fingerprint density at radius 3 is 2.52 bits per heavy atom. The van der Waals surface area contributed by atoms with E-state index in [4.69, 9.17) is 17.0 Å². The van der Waals surface area contributed by atoms with E-state index in [1.807, 2.05) is 19.9 Å². The number of carbonyl (C=O) groups is 1. The van der Waals surface area contributed by atoms with Gasteiger partial charge in [0.05, 0.1) is 11.7 Å². The topological polar surface area (TPSA) is 41.6 Å². The molecular formula is C17H21BrN2O2S. The van der Waals surface area contributed by atoms with Crippen molar-refractivity contribution in [1.82, 2.24) is 10.2 Å². The van der Waals surface area contributed by atoms with Gasteiger partial charge in [-0.25, -0.2) is 0 Å². The fourth-order valence-electron chi connectivity index (χ4n) is 1.83. The molecule has 0 saturated carbocycles. The minimum atomic E-state index is -0.315. The zero-order valence-corrected chi connectivity index (χ0v) is 15.7. The first-order valence-electron chi connectivity index (χ1n) is 7.17. The molecule has 1 aromatic carbocycles. The number of nitrogens with zero attached hydrogens (tertiary/aromatic N) is 1. The van der Waals surface area contributed by atoms with Gasteiger partial charge in [-0.05, 0) is 44.3 Å². The Balaban J connectivity index is 2.95. The molecule has 0 saturated heterocycles. The van der Waals surface area contributed by atoms with Crippen LogP contribution in [0.5, 0.6) is 5.75 Å². The van der Waals surface area contributed by atoms with E-state index < -0.39 is 0 Å². The quantitative estimate of drug-likeness (QED) is 0.559. The van der Waals surface area contributed by atoms with Crippen molar-refractivity contribution in [3.63, 3.8) is 0 Å². The lowest BCUT2D eigenvalue weighted by molar-refractivity contribution is 0.0968. The fourth-order valence-corrected chi connectivity index (χ4v) is 2.43. The van der Waals surface area contributed by atoms with Crippen molar-refractivity contribution < 1.29 is 9.53 Å². The number of amides is 1. The third-order valence-electron chi connectivity index (χ3n) is 2.76. The van der Waals surface area contributed by atoms with Gasteiger partial charge in [0, 0.05) is 17.6 Å². The molecule has 1 amide bonds. The van der Waals surface area contributed by atoms with Crippen molar-refractivity contribution in [2.45, 2.75) is 20.0 Å². The van der Waals surface area contributed by atoms with Gasteiger partial charge in [-0.15, -0.1) is 13.2 Å². The van der Waals surface area contributed by atoms with Crippen molar-refractivity contribution in [2.24, 2.45) is 0 Å². The summed E-state index contributed by atoms with van der Waals surface area (Å²) in [4.78, 5) is 14.3. The van der Waals surface area contributed by atoms with E-state index >= 15 is 0 Å². The number of hydrogen-bond acceptors (Lipinski definition) is 3. The zero-order chi connectivity index (χ0) is 17.4. The number of rotatable bonds is 7. The van der Waals surface area contributed by atoms with Crippen LogP contribution in [0.4, 0.5) is 0 Å². The summed E-state index contributed by atoms with van der Waals surface area (Å²) in [6.07, 6.45) is 3.40. The average molecular weight is 397 g/mol. The monoisotopic (exact) mass is 396 g/mol. The van der Waals surface area contributed by atoms with Gasteiger partial charge in [-0.3, -0.25) is 10.1 Å². The highest BCUT2D eigenvalue weighted by Gasteiger charge is 2.17. The summed E-state index contributed by atoms with van der Waals surface area (Å²) < 4.78 is 6.48. The first kappa shape index (κ1) is 19.4. The van der Waals surface area contributed by atoms with Crippen molar-refractivity contribution in [3.8, 4) is 5.75 Å². The minimum Gasteiger partial charge on any atom is -0.490 e. The molecule has 0 spiro atoms. The van der Waals surface area contributed by atoms with E-state index in [-0.39, 0.29) is 12.0 Å². The summed E-state index contributed by atoms with van der Waals surface area (Å²) >= 11 is 8.66. The molecule has 0 aromatic heterocycles. The molecule has 1 aromatic rings. The van der Waals surface area contributed by atoms with Crippen molar-refractivity contribution >= 4 is 39.2 Å². The maximum absolute atomic E-state index is 12.5. The van der Waals surface area contributed by atoms with Crippen LogP contribution in [0.1, 0.15) is 24.2 Å². The highest BCUT2D eigenvalue weighted by Crippen LogP contribution is 2.24. The van der Waals surface area contributed by atoms with Crippen LogP contribution in [0, 0.1) is 0 Å². The van der Waals surface area contributed by atoms with E-state index in [0.29, 0.717) is 29.5 Å². The normalized spacial score (nSPS) is 10.1. The van der Waals surface area contributed by atoms with Crippen LogP contribution >= 0.6 is 28.1 Å². The van der Waals surface area contributed by atoms with Crippen molar-refractivity contribution in [3.05, 3.63) is 53.5 Å². The number of halogens is 1. The standard InChI is InChI=1S/C17H21BrN2O2S/c1-5-9-20(10-6-2)17(23)19-16(21)14-11-13(18)7-8-15(14)22-12(3)4/h5-8,11-12H,1-2,9-10H2,3-4H3,(H,19,21,23). The van der Waals surface area contributed by atoms with Crippen molar-refractivity contribution in [1.29, 1.82) is 0 Å². The Morgan fingerprint density at radius 1 is 1.39 bits per heavy atom. The number of hydrogen-bond donors (Lipinski definition) is 1. The van der Waals surface area contributed by atoms with E-state index in [1.54, 1.807) is 29.2 Å². The Bertz CT molecular complexity index is 592. The molecule has 0 aliphatic carbocycles. The van der Waals surface area contributed by atoms with Crippen LogP contribution in [0.25, 0.3) is 0 Å². The van der Waals surface area contributed by atoms with Gasteiger partial charge in [0.2, 0.25) is 0 Å². The predicted octanol–water partition coefficient (Wildman–Crippen LogP) is 3.93. The van der Waals surface area contributed by atoms with Crippen LogP contribution in [0.15, 0.2) is 48.0 Å². The smallest absolute Gasteiger partial charge is 0.261 e. The molecule has 0 aliphatic heterocycles. The van der Waals surface area contributed by atoms with Crippen LogP contribution < -0.4 is 10.1 Å². The molecule has 0 atom stereocenters. The van der Waals surface area contributed by atoms with E-state index in [1.165, 1.54) is 0 Å². The van der Waals surface area contributed by atoms with Gasteiger partial charge in [0.25, 0.3) is 5.91 Å². The molecular weight excluding hydrogens is 376 g/mol. The van der Waals surface area contributed by atoms with Gasteiger partial charge in [0.1, 0.15) is 5.75 Å². The summed E-state index contributed by atoms with van der Waals surface area (Å²) in [5.41, 5.74) is 0.424. The molecule has 0 bridgehead atoms. The Labute approximate surface area is 151 Å². The van der Waals surface area contributed by atoms with Gasteiger partial charge in [0.15, 0.2) is 5.11 Å². The second-order valence-electron chi connectivity index (χ2n) is 5.05. The summed E-state index contributed by atoms with van der Waals surface area (Å²) in [5, 5.41) is 3.05. The van der Waals surface area contributed by atoms with Crippen LogP contribution in [0.2, 0.25) is 0 Å². The molecule has 0 radical (unpaired) electrons. The minimum absolute atomic E-state index is 0.0345. The summed E-state index contributed by atoms with van der Waals surface area (Å²) in [7, 11) is 0. The average Bonchev–Trinajstić information content (AvgIpc) is 2.48. The molecule has 6 heteroatoms. The Morgan fingerprint density at radius 2 is 2.00 bits per heavy atom. The van der Waals surface area contributed by atoms with Crippen LogP contribution in [-0.2, 0) is 0 Å². The van der Waals surface area contributed by atoms with Gasteiger partial charge in [-0.1, -0.05) is 28.1 Å². The molecule has 0 fully saturated rings. The summed E-state index contributed by atoms with van der Waals surface area (Å²) in [5.74, 6) is 0.201. The molecule has 1 rings (SSSR count). The summed E-state index contributed by atoms with van der Waals surface area (Å²) in [6, 6.07) is 5.29. The Hall–Kier alpha value is -1.66. The maximum atomic E-state index is 12.5. The first-order valence-corrected chi connectivity index (χ1v) is 8.37. The molecule has 0 unspecified atom stereocenters. The molecule has 124 valence electrons. The predicted molar refractivity (Wildman–Crippen MR) is 102 cm³/mol. The second-order valence-corrected chi connectivity index (χ2v) is 6.35. The SMILES string of the molecule is C=CCN(CC=C)C(=S)NC(=O)c1cc(Br)ccc1OC(C)C. The van der Waals surface area contributed by atoms with E-state index in [9.17, 15) is 4.79 Å². The Kier molecular flexibility index (Phi) is 7.98. The lowest BCUT2D eigenvalue weighted by Crippen LogP contribution is -2.43. The van der Waals surface area contributed by atoms with E-state index in [2.05, 4.69) is 34.4 Å². The highest BCUT2D eigenvalue weighted by molar-refractivity contribution is 9.10. The van der Waals surface area contributed by atoms with Crippen LogP contribution in [-0.4, -0.2) is 35.1 Å². The molecule has 0 heterocycles. The second kappa shape index (κ2) is 9.47. The maximum Gasteiger partial charge on any atom is 0.261 e. The highest BCUT2D eigenvalue weighted by atomic mass is 79.9. The lowest BCUT2D eigenvalue weighted by Gasteiger charge is -2.23. The molecule has 1 N–H and O–H groups in total.